The molecule has 0 radical (unpaired) electrons. The summed E-state index contributed by atoms with van der Waals surface area (Å²) in [5.74, 6) is 0. The fraction of sp³-hybridized carbons (Fsp3) is 1.00. The number of ether oxygens (including phenoxy) is 2. The molecule has 0 aromatic rings. The zero-order chi connectivity index (χ0) is 6.04. The molecule has 0 aromatic heterocycles. The zero-order valence-corrected chi connectivity index (χ0v) is 8.51. The molecule has 0 atom stereocenters. The lowest BCUT2D eigenvalue weighted by Gasteiger charge is -2.25. The van der Waals surface area contributed by atoms with Crippen molar-refractivity contribution in [1.29, 1.82) is 0 Å². The van der Waals surface area contributed by atoms with Crippen molar-refractivity contribution in [2.75, 3.05) is 19.8 Å². The molecule has 1 aliphatic rings. The van der Waals surface area contributed by atoms with Crippen LogP contribution in [-0.4, -0.2) is 21.4 Å². The Bertz CT molecular complexity index is 76.1. The Morgan fingerprint density at radius 1 is 1.25 bits per heavy atom. The highest BCUT2D eigenvalue weighted by Gasteiger charge is 2.26. The van der Waals surface area contributed by atoms with E-state index in [0.717, 1.165) is 13.2 Å². The predicted molar refractivity (Wildman–Crippen MR) is 47.5 cm³/mol. The molecule has 1 fully saturated rings. The van der Waals surface area contributed by atoms with E-state index in [1.54, 1.807) is 0 Å². The van der Waals surface area contributed by atoms with Crippen molar-refractivity contribution < 1.29 is 9.47 Å². The molecule has 0 aliphatic carbocycles. The molecule has 2 nitrogen and oxygen atoms in total. The van der Waals surface area contributed by atoms with E-state index in [4.69, 9.17) is 9.47 Å². The van der Waals surface area contributed by atoms with Crippen LogP contribution < -0.4 is 0 Å². The van der Waals surface area contributed by atoms with E-state index >= 15 is 0 Å². The van der Waals surface area contributed by atoms with E-state index in [1.165, 1.54) is 0 Å². The number of halogens is 2. The summed E-state index contributed by atoms with van der Waals surface area (Å²) in [5.41, 5.74) is 0. The van der Waals surface area contributed by atoms with E-state index in [-0.39, 0.29) is 1.61 Å². The van der Waals surface area contributed by atoms with Crippen LogP contribution in [0.15, 0.2) is 0 Å². The molecule has 0 N–H and O–H groups in total. The van der Waals surface area contributed by atoms with Crippen LogP contribution in [0.5, 0.6) is 0 Å². The molecule has 0 spiro atoms. The third kappa shape index (κ3) is 2.32. The van der Waals surface area contributed by atoms with E-state index in [1.807, 2.05) is 0 Å². The number of rotatable bonds is 0. The van der Waals surface area contributed by atoms with Crippen molar-refractivity contribution in [2.24, 2.45) is 0 Å². The number of hydrogen-bond acceptors (Lipinski definition) is 2. The summed E-state index contributed by atoms with van der Waals surface area (Å²) in [5, 5.41) is 0. The molecule has 0 unspecified atom stereocenters. The van der Waals surface area contributed by atoms with Crippen LogP contribution in [0.1, 0.15) is 0 Å². The molecular weight excluding hydrogens is 334 g/mol. The van der Waals surface area contributed by atoms with Crippen molar-refractivity contribution in [3.05, 3.63) is 0 Å². The Kier molecular flexibility index (Phi) is 2.79. The third-order valence-corrected chi connectivity index (χ3v) is 2.06. The molecular formula is C4H6I2O2. The van der Waals surface area contributed by atoms with Gasteiger partial charge in [-0.2, -0.15) is 0 Å². The first-order valence-corrected chi connectivity index (χ1v) is 4.46. The molecule has 8 heavy (non-hydrogen) atoms. The van der Waals surface area contributed by atoms with Crippen molar-refractivity contribution in [1.82, 2.24) is 0 Å². The summed E-state index contributed by atoms with van der Waals surface area (Å²) in [6.07, 6.45) is 0. The maximum atomic E-state index is 5.31. The summed E-state index contributed by atoms with van der Waals surface area (Å²) in [6.45, 7) is 2.17. The summed E-state index contributed by atoms with van der Waals surface area (Å²) >= 11 is 4.46. The molecule has 1 rings (SSSR count). The Morgan fingerprint density at radius 3 is 2.25 bits per heavy atom. The van der Waals surface area contributed by atoms with Crippen LogP contribution >= 0.6 is 45.2 Å². The fourth-order valence-electron chi connectivity index (χ4n) is 0.483. The van der Waals surface area contributed by atoms with Gasteiger partial charge in [-0.15, -0.1) is 0 Å². The molecule has 0 bridgehead atoms. The highest BCUT2D eigenvalue weighted by molar-refractivity contribution is 14.2. The first-order valence-electron chi connectivity index (χ1n) is 2.30. The largest absolute Gasteiger partial charge is 0.374 e. The van der Waals surface area contributed by atoms with Crippen molar-refractivity contribution in [2.45, 2.75) is 1.61 Å². The Hall–Kier alpha value is 1.38. The minimum atomic E-state index is -0.103. The van der Waals surface area contributed by atoms with E-state index in [2.05, 4.69) is 45.2 Å². The van der Waals surface area contributed by atoms with E-state index in [9.17, 15) is 0 Å². The Labute approximate surface area is 75.6 Å². The molecule has 4 heteroatoms. The Balaban J connectivity index is 2.33. The normalized spacial score (nSPS) is 27.8. The average molecular weight is 340 g/mol. The van der Waals surface area contributed by atoms with Gasteiger partial charge in [0.15, 0.2) is 1.61 Å². The first kappa shape index (κ1) is 7.49. The van der Waals surface area contributed by atoms with Crippen LogP contribution in [0.2, 0.25) is 0 Å². The quantitative estimate of drug-likeness (QED) is 0.492. The van der Waals surface area contributed by atoms with Crippen LogP contribution in [-0.2, 0) is 9.47 Å². The molecule has 0 amide bonds. The maximum absolute atomic E-state index is 5.31. The average Bonchev–Trinajstić information content (AvgIpc) is 1.65. The number of alkyl halides is 2. The molecule has 1 saturated heterocycles. The van der Waals surface area contributed by atoms with Gasteiger partial charge in [0.2, 0.25) is 0 Å². The molecule has 48 valence electrons. The summed E-state index contributed by atoms with van der Waals surface area (Å²) in [4.78, 5) is 0. The Morgan fingerprint density at radius 2 is 2.00 bits per heavy atom. The van der Waals surface area contributed by atoms with Gasteiger partial charge in [-0.3, -0.25) is 0 Å². The minimum absolute atomic E-state index is 0.103. The number of hydrogen-bond donors (Lipinski definition) is 0. The predicted octanol–water partition coefficient (Wildman–Crippen LogP) is 1.56. The van der Waals surface area contributed by atoms with Gasteiger partial charge < -0.3 is 9.47 Å². The van der Waals surface area contributed by atoms with E-state index in [0.29, 0.717) is 6.61 Å². The zero-order valence-electron chi connectivity index (χ0n) is 4.19. The minimum Gasteiger partial charge on any atom is -0.374 e. The van der Waals surface area contributed by atoms with Gasteiger partial charge in [-0.25, -0.2) is 0 Å². The third-order valence-electron chi connectivity index (χ3n) is 0.811. The van der Waals surface area contributed by atoms with Crippen LogP contribution in [0, 0.1) is 0 Å². The smallest absolute Gasteiger partial charge is 0.192 e. The van der Waals surface area contributed by atoms with Gasteiger partial charge in [0, 0.05) is 0 Å². The SMILES string of the molecule is IC1(I)COCCO1. The van der Waals surface area contributed by atoms with Crippen LogP contribution in [0.25, 0.3) is 0 Å². The molecule has 1 heterocycles. The summed E-state index contributed by atoms with van der Waals surface area (Å²) < 4.78 is 10.4. The van der Waals surface area contributed by atoms with Crippen LogP contribution in [0.3, 0.4) is 0 Å². The van der Waals surface area contributed by atoms with Gasteiger partial charge in [0.25, 0.3) is 0 Å². The second-order valence-corrected chi connectivity index (χ2v) is 7.09. The van der Waals surface area contributed by atoms with Gasteiger partial charge in [-0.05, 0) is 45.2 Å². The fourth-order valence-corrected chi connectivity index (χ4v) is 1.36. The summed E-state index contributed by atoms with van der Waals surface area (Å²) in [7, 11) is 0. The summed E-state index contributed by atoms with van der Waals surface area (Å²) in [6, 6.07) is 0. The highest BCUT2D eigenvalue weighted by atomic mass is 127. The second-order valence-electron chi connectivity index (χ2n) is 1.54. The lowest BCUT2D eigenvalue weighted by molar-refractivity contribution is -0.0502. The molecule has 0 aromatic carbocycles. The molecule has 1 aliphatic heterocycles. The molecule has 0 saturated carbocycles. The van der Waals surface area contributed by atoms with Crippen molar-refractivity contribution in [3.63, 3.8) is 0 Å². The van der Waals surface area contributed by atoms with Gasteiger partial charge in [0.05, 0.1) is 19.8 Å². The van der Waals surface area contributed by atoms with Crippen LogP contribution in [0.4, 0.5) is 0 Å². The van der Waals surface area contributed by atoms with Gasteiger partial charge in [0.1, 0.15) is 0 Å². The standard InChI is InChI=1S/C4H6I2O2/c5-4(6)3-7-1-2-8-4/h1-3H2. The second kappa shape index (κ2) is 2.98. The lowest BCUT2D eigenvalue weighted by atomic mass is 10.6. The van der Waals surface area contributed by atoms with E-state index < -0.39 is 0 Å². The van der Waals surface area contributed by atoms with Crippen molar-refractivity contribution >= 4 is 45.2 Å². The van der Waals surface area contributed by atoms with Gasteiger partial charge in [-0.1, -0.05) is 0 Å². The lowest BCUT2D eigenvalue weighted by Crippen LogP contribution is -2.31. The topological polar surface area (TPSA) is 18.5 Å². The highest BCUT2D eigenvalue weighted by Crippen LogP contribution is 2.31. The first-order chi connectivity index (χ1) is 3.71. The maximum Gasteiger partial charge on any atom is 0.192 e. The van der Waals surface area contributed by atoms with Gasteiger partial charge >= 0.3 is 0 Å². The monoisotopic (exact) mass is 340 g/mol. The van der Waals surface area contributed by atoms with Crippen molar-refractivity contribution in [3.8, 4) is 0 Å².